The fourth-order valence-corrected chi connectivity index (χ4v) is 1.92. The molecule has 0 spiro atoms. The number of nitrogens with zero attached hydrogens (tertiary/aromatic N) is 3. The number of hydrogen-bond donors (Lipinski definition) is 2. The molecule has 6 heteroatoms. The molecule has 3 N–H and O–H groups in total. The number of nitriles is 1. The molecule has 1 heterocycles. The highest BCUT2D eigenvalue weighted by molar-refractivity contribution is 6.06. The number of aryl methyl sites for hydroxylation is 2. The number of nitrogens with two attached hydrogens (primary N) is 1. The molecule has 2 rings (SSSR count). The SMILES string of the molecule is CCc1nn(C)cc1C(=O)Nc1ccc(C#N)cc1N. The van der Waals surface area contributed by atoms with Gasteiger partial charge < -0.3 is 11.1 Å². The highest BCUT2D eigenvalue weighted by Gasteiger charge is 2.15. The fraction of sp³-hybridized carbons (Fsp3) is 0.214. The van der Waals surface area contributed by atoms with Gasteiger partial charge in [-0.3, -0.25) is 9.48 Å². The van der Waals surface area contributed by atoms with Gasteiger partial charge in [0.15, 0.2) is 0 Å². The summed E-state index contributed by atoms with van der Waals surface area (Å²) in [7, 11) is 1.77. The van der Waals surface area contributed by atoms with Gasteiger partial charge in [0.2, 0.25) is 0 Å². The van der Waals surface area contributed by atoms with E-state index in [1.54, 1.807) is 30.1 Å². The first-order valence-corrected chi connectivity index (χ1v) is 6.18. The van der Waals surface area contributed by atoms with Crippen molar-refractivity contribution in [3.63, 3.8) is 0 Å². The number of rotatable bonds is 3. The van der Waals surface area contributed by atoms with Crippen LogP contribution in [0.2, 0.25) is 0 Å². The molecule has 2 aromatic rings. The third-order valence-electron chi connectivity index (χ3n) is 2.91. The molecule has 0 radical (unpaired) electrons. The number of anilines is 2. The summed E-state index contributed by atoms with van der Waals surface area (Å²) in [6.45, 7) is 1.94. The summed E-state index contributed by atoms with van der Waals surface area (Å²) in [5.74, 6) is -0.258. The van der Waals surface area contributed by atoms with Crippen LogP contribution in [-0.2, 0) is 13.5 Å². The number of nitrogen functional groups attached to an aromatic ring is 1. The summed E-state index contributed by atoms with van der Waals surface area (Å²) >= 11 is 0. The summed E-state index contributed by atoms with van der Waals surface area (Å²) in [6.07, 6.45) is 2.35. The predicted octanol–water partition coefficient (Wildman–Crippen LogP) is 1.69. The quantitative estimate of drug-likeness (QED) is 0.828. The second kappa shape index (κ2) is 5.45. The van der Waals surface area contributed by atoms with E-state index in [1.807, 2.05) is 13.0 Å². The zero-order valence-corrected chi connectivity index (χ0v) is 11.3. The van der Waals surface area contributed by atoms with E-state index in [-0.39, 0.29) is 5.91 Å². The third-order valence-corrected chi connectivity index (χ3v) is 2.91. The maximum Gasteiger partial charge on any atom is 0.259 e. The van der Waals surface area contributed by atoms with Gasteiger partial charge in [-0.05, 0) is 24.6 Å². The Hall–Kier alpha value is -2.81. The van der Waals surface area contributed by atoms with Crippen LogP contribution in [-0.4, -0.2) is 15.7 Å². The zero-order valence-electron chi connectivity index (χ0n) is 11.3. The molecule has 20 heavy (non-hydrogen) atoms. The van der Waals surface area contributed by atoms with Crippen molar-refractivity contribution in [2.75, 3.05) is 11.1 Å². The molecule has 0 atom stereocenters. The number of amides is 1. The van der Waals surface area contributed by atoms with Gasteiger partial charge in [0.1, 0.15) is 0 Å². The first kappa shape index (κ1) is 13.6. The van der Waals surface area contributed by atoms with Gasteiger partial charge in [-0.1, -0.05) is 6.92 Å². The average Bonchev–Trinajstić information content (AvgIpc) is 2.82. The molecule has 0 saturated carbocycles. The van der Waals surface area contributed by atoms with E-state index in [4.69, 9.17) is 11.0 Å². The van der Waals surface area contributed by atoms with Gasteiger partial charge in [0.25, 0.3) is 5.91 Å². The van der Waals surface area contributed by atoms with Crippen molar-refractivity contribution >= 4 is 17.3 Å². The monoisotopic (exact) mass is 269 g/mol. The molecule has 0 aliphatic rings. The Morgan fingerprint density at radius 1 is 1.55 bits per heavy atom. The molecule has 1 aromatic heterocycles. The number of hydrogen-bond acceptors (Lipinski definition) is 4. The highest BCUT2D eigenvalue weighted by atomic mass is 16.1. The van der Waals surface area contributed by atoms with Crippen molar-refractivity contribution in [2.45, 2.75) is 13.3 Å². The van der Waals surface area contributed by atoms with Crippen molar-refractivity contribution in [3.05, 3.63) is 41.2 Å². The van der Waals surface area contributed by atoms with E-state index < -0.39 is 0 Å². The molecule has 102 valence electrons. The van der Waals surface area contributed by atoms with Gasteiger partial charge in [-0.2, -0.15) is 10.4 Å². The minimum Gasteiger partial charge on any atom is -0.397 e. The normalized spacial score (nSPS) is 10.1. The highest BCUT2D eigenvalue weighted by Crippen LogP contribution is 2.21. The number of nitrogens with one attached hydrogen (secondary N) is 1. The van der Waals surface area contributed by atoms with Gasteiger partial charge in [-0.15, -0.1) is 0 Å². The molecule has 1 aromatic carbocycles. The van der Waals surface area contributed by atoms with Crippen LogP contribution in [0.3, 0.4) is 0 Å². The van der Waals surface area contributed by atoms with E-state index in [9.17, 15) is 4.79 Å². The van der Waals surface area contributed by atoms with Gasteiger partial charge >= 0.3 is 0 Å². The summed E-state index contributed by atoms with van der Waals surface area (Å²) < 4.78 is 1.61. The largest absolute Gasteiger partial charge is 0.397 e. The molecule has 0 bridgehead atoms. The average molecular weight is 269 g/mol. The molecule has 0 unspecified atom stereocenters. The Balaban J connectivity index is 2.26. The van der Waals surface area contributed by atoms with Crippen molar-refractivity contribution in [1.82, 2.24) is 9.78 Å². The van der Waals surface area contributed by atoms with E-state index in [1.165, 1.54) is 6.07 Å². The zero-order chi connectivity index (χ0) is 14.7. The fourth-order valence-electron chi connectivity index (χ4n) is 1.92. The lowest BCUT2D eigenvalue weighted by molar-refractivity contribution is 0.102. The lowest BCUT2D eigenvalue weighted by atomic mass is 10.1. The Morgan fingerprint density at radius 3 is 2.90 bits per heavy atom. The molecule has 1 amide bonds. The minimum atomic E-state index is -0.258. The standard InChI is InChI=1S/C14H15N5O/c1-3-12-10(8-19(2)18-12)14(20)17-13-5-4-9(7-15)6-11(13)16/h4-6,8H,3,16H2,1-2H3,(H,17,20). The Kier molecular flexibility index (Phi) is 3.71. The van der Waals surface area contributed by atoms with E-state index in [0.717, 1.165) is 5.69 Å². The molecular weight excluding hydrogens is 254 g/mol. The van der Waals surface area contributed by atoms with Crippen LogP contribution >= 0.6 is 0 Å². The maximum absolute atomic E-state index is 12.2. The summed E-state index contributed by atoms with van der Waals surface area (Å²) in [6, 6.07) is 6.75. The molecule has 0 fully saturated rings. The minimum absolute atomic E-state index is 0.258. The molecule has 0 aliphatic carbocycles. The predicted molar refractivity (Wildman–Crippen MR) is 76.1 cm³/mol. The van der Waals surface area contributed by atoms with Crippen molar-refractivity contribution in [2.24, 2.45) is 7.05 Å². The maximum atomic E-state index is 12.2. The summed E-state index contributed by atoms with van der Waals surface area (Å²) in [5, 5.41) is 15.7. The smallest absolute Gasteiger partial charge is 0.259 e. The second-order valence-electron chi connectivity index (χ2n) is 4.38. The van der Waals surface area contributed by atoms with Crippen molar-refractivity contribution < 1.29 is 4.79 Å². The molecular formula is C14H15N5O. The number of carbonyl (C=O) groups excluding carboxylic acids is 1. The van der Waals surface area contributed by atoms with E-state index >= 15 is 0 Å². The second-order valence-corrected chi connectivity index (χ2v) is 4.38. The first-order valence-electron chi connectivity index (χ1n) is 6.18. The number of benzene rings is 1. The van der Waals surface area contributed by atoms with Crippen molar-refractivity contribution in [3.8, 4) is 6.07 Å². The van der Waals surface area contributed by atoms with Crippen LogP contribution in [0.1, 0.15) is 28.5 Å². The van der Waals surface area contributed by atoms with Gasteiger partial charge in [-0.25, -0.2) is 0 Å². The third kappa shape index (κ3) is 2.62. The van der Waals surface area contributed by atoms with Crippen LogP contribution in [0.5, 0.6) is 0 Å². The molecule has 0 aliphatic heterocycles. The van der Waals surface area contributed by atoms with E-state index in [2.05, 4.69) is 10.4 Å². The topological polar surface area (TPSA) is 96.7 Å². The van der Waals surface area contributed by atoms with Crippen LogP contribution < -0.4 is 11.1 Å². The summed E-state index contributed by atoms with van der Waals surface area (Å²) in [4.78, 5) is 12.2. The van der Waals surface area contributed by atoms with Crippen LogP contribution in [0.4, 0.5) is 11.4 Å². The van der Waals surface area contributed by atoms with Crippen LogP contribution in [0.25, 0.3) is 0 Å². The van der Waals surface area contributed by atoms with Gasteiger partial charge in [0.05, 0.1) is 34.3 Å². The number of carbonyl (C=O) groups is 1. The molecule has 6 nitrogen and oxygen atoms in total. The lowest BCUT2D eigenvalue weighted by Crippen LogP contribution is -2.14. The number of aromatic nitrogens is 2. The molecule has 0 saturated heterocycles. The van der Waals surface area contributed by atoms with Crippen LogP contribution in [0, 0.1) is 11.3 Å². The Labute approximate surface area is 116 Å². The first-order chi connectivity index (χ1) is 9.55. The Morgan fingerprint density at radius 2 is 2.30 bits per heavy atom. The van der Waals surface area contributed by atoms with Crippen LogP contribution in [0.15, 0.2) is 24.4 Å². The summed E-state index contributed by atoms with van der Waals surface area (Å²) in [5.41, 5.74) is 8.37. The van der Waals surface area contributed by atoms with Crippen molar-refractivity contribution in [1.29, 1.82) is 5.26 Å². The Bertz CT molecular complexity index is 696. The van der Waals surface area contributed by atoms with E-state index in [0.29, 0.717) is 28.9 Å². The van der Waals surface area contributed by atoms with Gasteiger partial charge in [0, 0.05) is 13.2 Å². The lowest BCUT2D eigenvalue weighted by Gasteiger charge is -2.08.